The molecule has 0 amide bonds. The molecule has 1 aliphatic carbocycles. The van der Waals surface area contributed by atoms with Crippen LogP contribution < -0.4 is 5.73 Å². The molecular weight excluding hydrogens is 262 g/mol. The summed E-state index contributed by atoms with van der Waals surface area (Å²) in [6.45, 7) is 4.09. The molecule has 6 heteroatoms. The highest BCUT2D eigenvalue weighted by Gasteiger charge is 2.49. The smallest absolute Gasteiger partial charge is 0.327 e. The maximum absolute atomic E-state index is 12.0. The number of rotatable bonds is 6. The molecule has 104 valence electrons. The number of carbonyl (C=O) groups is 1. The zero-order valence-electron chi connectivity index (χ0n) is 11.3. The van der Waals surface area contributed by atoms with E-state index in [0.717, 1.165) is 18.4 Å². The number of ether oxygens (including phenoxy) is 1. The molecule has 0 bridgehead atoms. The Hall–Kier alpha value is -1.14. The Bertz CT molecular complexity index is 448. The standard InChI is InChI=1S/C13H19N3O2S/c1-3-18-11(17)13(14,10-4-5-10)8-19-12-15-6-9(2)7-16-12/h6-7,10H,3-5,8,14H2,1-2H3. The van der Waals surface area contributed by atoms with Gasteiger partial charge in [0.15, 0.2) is 5.16 Å². The first-order chi connectivity index (χ1) is 9.06. The molecule has 1 saturated carbocycles. The predicted molar refractivity (Wildman–Crippen MR) is 73.8 cm³/mol. The van der Waals surface area contributed by atoms with Crippen molar-refractivity contribution in [2.24, 2.45) is 11.7 Å². The number of nitrogens with zero attached hydrogens (tertiary/aromatic N) is 2. The highest BCUT2D eigenvalue weighted by Crippen LogP contribution is 2.41. The van der Waals surface area contributed by atoms with E-state index in [1.807, 2.05) is 6.92 Å². The second-order valence-corrected chi connectivity index (χ2v) is 5.81. The molecule has 2 rings (SSSR count). The van der Waals surface area contributed by atoms with E-state index in [1.54, 1.807) is 19.3 Å². The summed E-state index contributed by atoms with van der Waals surface area (Å²) >= 11 is 1.41. The van der Waals surface area contributed by atoms with Crippen molar-refractivity contribution >= 4 is 17.7 Å². The van der Waals surface area contributed by atoms with Gasteiger partial charge in [-0.15, -0.1) is 0 Å². The third kappa shape index (κ3) is 3.45. The number of carbonyl (C=O) groups excluding carboxylic acids is 1. The minimum atomic E-state index is -0.908. The molecule has 0 aliphatic heterocycles. The van der Waals surface area contributed by atoms with Gasteiger partial charge in [0.2, 0.25) is 0 Å². The summed E-state index contributed by atoms with van der Waals surface area (Å²) in [5.41, 5.74) is 6.36. The molecular formula is C13H19N3O2S. The molecule has 5 nitrogen and oxygen atoms in total. The van der Waals surface area contributed by atoms with Gasteiger partial charge in [-0.3, -0.25) is 4.79 Å². The van der Waals surface area contributed by atoms with Gasteiger partial charge in [0, 0.05) is 18.1 Å². The minimum Gasteiger partial charge on any atom is -0.465 e. The summed E-state index contributed by atoms with van der Waals surface area (Å²) in [6.07, 6.45) is 5.50. The van der Waals surface area contributed by atoms with E-state index >= 15 is 0 Å². The van der Waals surface area contributed by atoms with E-state index in [-0.39, 0.29) is 11.9 Å². The van der Waals surface area contributed by atoms with Crippen LogP contribution >= 0.6 is 11.8 Å². The first-order valence-electron chi connectivity index (χ1n) is 6.44. The molecule has 2 N–H and O–H groups in total. The fourth-order valence-electron chi connectivity index (χ4n) is 1.85. The number of esters is 1. The molecule has 19 heavy (non-hydrogen) atoms. The van der Waals surface area contributed by atoms with Crippen LogP contribution in [0.4, 0.5) is 0 Å². The Labute approximate surface area is 117 Å². The van der Waals surface area contributed by atoms with E-state index in [2.05, 4.69) is 9.97 Å². The lowest BCUT2D eigenvalue weighted by atomic mass is 9.97. The molecule has 1 fully saturated rings. The van der Waals surface area contributed by atoms with Crippen molar-refractivity contribution in [1.29, 1.82) is 0 Å². The number of thioether (sulfide) groups is 1. The Balaban J connectivity index is 2.01. The van der Waals surface area contributed by atoms with Crippen molar-refractivity contribution in [3.63, 3.8) is 0 Å². The van der Waals surface area contributed by atoms with E-state index < -0.39 is 5.54 Å². The van der Waals surface area contributed by atoms with Crippen LogP contribution in [-0.4, -0.2) is 33.8 Å². The Kier molecular flexibility index (Phi) is 4.42. The lowest BCUT2D eigenvalue weighted by Gasteiger charge is -2.26. The first-order valence-corrected chi connectivity index (χ1v) is 7.42. The summed E-state index contributed by atoms with van der Waals surface area (Å²) < 4.78 is 5.10. The molecule has 1 aliphatic rings. The molecule has 1 heterocycles. The molecule has 0 radical (unpaired) electrons. The molecule has 1 aromatic rings. The fourth-order valence-corrected chi connectivity index (χ4v) is 2.82. The van der Waals surface area contributed by atoms with Crippen LogP contribution in [0, 0.1) is 12.8 Å². The Morgan fingerprint density at radius 3 is 2.68 bits per heavy atom. The average Bonchev–Trinajstić information content (AvgIpc) is 3.22. The van der Waals surface area contributed by atoms with Gasteiger partial charge in [0.25, 0.3) is 0 Å². The number of nitrogens with two attached hydrogens (primary N) is 1. The normalized spacial score (nSPS) is 17.8. The Morgan fingerprint density at radius 2 is 2.16 bits per heavy atom. The zero-order chi connectivity index (χ0) is 13.9. The molecule has 0 saturated heterocycles. The van der Waals surface area contributed by atoms with Crippen LogP contribution in [0.15, 0.2) is 17.6 Å². The van der Waals surface area contributed by atoms with E-state index in [9.17, 15) is 4.79 Å². The van der Waals surface area contributed by atoms with Gasteiger partial charge in [-0.2, -0.15) is 0 Å². The van der Waals surface area contributed by atoms with Crippen molar-refractivity contribution in [2.75, 3.05) is 12.4 Å². The summed E-state index contributed by atoms with van der Waals surface area (Å²) in [5, 5.41) is 0.644. The van der Waals surface area contributed by atoms with Crippen molar-refractivity contribution in [3.05, 3.63) is 18.0 Å². The maximum atomic E-state index is 12.0. The number of hydrogen-bond donors (Lipinski definition) is 1. The molecule has 1 unspecified atom stereocenters. The van der Waals surface area contributed by atoms with Gasteiger partial charge in [-0.25, -0.2) is 9.97 Å². The fraction of sp³-hybridized carbons (Fsp3) is 0.615. The first kappa shape index (κ1) is 14.3. The molecule has 1 aromatic heterocycles. The van der Waals surface area contributed by atoms with Crippen LogP contribution in [0.25, 0.3) is 0 Å². The highest BCUT2D eigenvalue weighted by atomic mass is 32.2. The maximum Gasteiger partial charge on any atom is 0.327 e. The second-order valence-electron chi connectivity index (χ2n) is 4.87. The van der Waals surface area contributed by atoms with Crippen LogP contribution in [0.1, 0.15) is 25.3 Å². The average molecular weight is 281 g/mol. The van der Waals surface area contributed by atoms with Gasteiger partial charge >= 0.3 is 5.97 Å². The monoisotopic (exact) mass is 281 g/mol. The third-order valence-corrected chi connectivity index (χ3v) is 4.25. The molecule has 1 atom stereocenters. The van der Waals surface area contributed by atoms with Crippen molar-refractivity contribution in [3.8, 4) is 0 Å². The molecule has 0 aromatic carbocycles. The van der Waals surface area contributed by atoms with Crippen LogP contribution in [0.5, 0.6) is 0 Å². The van der Waals surface area contributed by atoms with E-state index in [0.29, 0.717) is 17.5 Å². The van der Waals surface area contributed by atoms with E-state index in [1.165, 1.54) is 11.8 Å². The summed E-state index contributed by atoms with van der Waals surface area (Å²) in [6, 6.07) is 0. The minimum absolute atomic E-state index is 0.226. The van der Waals surface area contributed by atoms with E-state index in [4.69, 9.17) is 10.5 Å². The van der Waals surface area contributed by atoms with Gasteiger partial charge in [-0.1, -0.05) is 11.8 Å². The number of hydrogen-bond acceptors (Lipinski definition) is 6. The van der Waals surface area contributed by atoms with Crippen LogP contribution in [0.3, 0.4) is 0 Å². The largest absolute Gasteiger partial charge is 0.465 e. The number of aryl methyl sites for hydroxylation is 1. The van der Waals surface area contributed by atoms with Crippen LogP contribution in [-0.2, 0) is 9.53 Å². The van der Waals surface area contributed by atoms with Gasteiger partial charge in [-0.05, 0) is 38.2 Å². The quantitative estimate of drug-likeness (QED) is 0.484. The number of aromatic nitrogens is 2. The van der Waals surface area contributed by atoms with Gasteiger partial charge in [0.05, 0.1) is 6.61 Å². The summed E-state index contributed by atoms with van der Waals surface area (Å²) in [4.78, 5) is 20.4. The predicted octanol–water partition coefficient (Wildman–Crippen LogP) is 1.55. The van der Waals surface area contributed by atoms with Gasteiger partial charge in [0.1, 0.15) is 5.54 Å². The summed E-state index contributed by atoms with van der Waals surface area (Å²) in [7, 11) is 0. The highest BCUT2D eigenvalue weighted by molar-refractivity contribution is 7.99. The van der Waals surface area contributed by atoms with Crippen molar-refractivity contribution in [2.45, 2.75) is 37.4 Å². The van der Waals surface area contributed by atoms with Gasteiger partial charge < -0.3 is 10.5 Å². The van der Waals surface area contributed by atoms with Crippen molar-refractivity contribution in [1.82, 2.24) is 9.97 Å². The lowest BCUT2D eigenvalue weighted by molar-refractivity contribution is -0.149. The SMILES string of the molecule is CCOC(=O)C(N)(CSc1ncc(C)cn1)C1CC1. The summed E-state index contributed by atoms with van der Waals surface area (Å²) in [5.74, 6) is 0.376. The van der Waals surface area contributed by atoms with Crippen molar-refractivity contribution < 1.29 is 9.53 Å². The second kappa shape index (κ2) is 5.88. The van der Waals surface area contributed by atoms with Crippen LogP contribution in [0.2, 0.25) is 0 Å². The topological polar surface area (TPSA) is 78.1 Å². The lowest BCUT2D eigenvalue weighted by Crippen LogP contribution is -2.53. The third-order valence-electron chi connectivity index (χ3n) is 3.16. The molecule has 0 spiro atoms. The zero-order valence-corrected chi connectivity index (χ0v) is 12.1. The Morgan fingerprint density at radius 1 is 1.53 bits per heavy atom.